The van der Waals surface area contributed by atoms with Crippen LogP contribution >= 0.6 is 12.4 Å². The maximum atomic E-state index is 6.00. The van der Waals surface area contributed by atoms with Gasteiger partial charge in [-0.2, -0.15) is 0 Å². The molecule has 1 saturated heterocycles. The molecule has 1 heterocycles. The van der Waals surface area contributed by atoms with E-state index in [0.29, 0.717) is 5.41 Å². The first-order chi connectivity index (χ1) is 5.23. The highest BCUT2D eigenvalue weighted by molar-refractivity contribution is 5.85. The summed E-state index contributed by atoms with van der Waals surface area (Å²) in [6.07, 6.45) is 5.14. The zero-order valence-electron chi connectivity index (χ0n) is 7.21. The van der Waals surface area contributed by atoms with Crippen molar-refractivity contribution >= 4 is 12.4 Å². The van der Waals surface area contributed by atoms with Gasteiger partial charge in [0.05, 0.1) is 0 Å². The van der Waals surface area contributed by atoms with Gasteiger partial charge in [0.2, 0.25) is 0 Å². The first-order valence-electron chi connectivity index (χ1n) is 4.59. The zero-order chi connectivity index (χ0) is 7.53. The predicted octanol–water partition coefficient (Wildman–Crippen LogP) is 1.33. The lowest BCUT2D eigenvalue weighted by Crippen LogP contribution is -2.74. The van der Waals surface area contributed by atoms with Crippen molar-refractivity contribution in [3.8, 4) is 0 Å². The smallest absolute Gasteiger partial charge is 0.0500 e. The summed E-state index contributed by atoms with van der Waals surface area (Å²) >= 11 is 0. The van der Waals surface area contributed by atoms with E-state index in [1.165, 1.54) is 25.7 Å². The zero-order valence-corrected chi connectivity index (χ0v) is 8.03. The van der Waals surface area contributed by atoms with Gasteiger partial charge in [-0.05, 0) is 37.0 Å². The molecule has 0 amide bonds. The van der Waals surface area contributed by atoms with Crippen molar-refractivity contribution in [3.63, 3.8) is 0 Å². The van der Waals surface area contributed by atoms with Crippen molar-refractivity contribution in [1.29, 1.82) is 0 Å². The lowest BCUT2D eigenvalue weighted by Gasteiger charge is -2.71. The van der Waals surface area contributed by atoms with Gasteiger partial charge >= 0.3 is 0 Å². The SMILES string of the molecule is Cl.NC12CC(C3CCOC3)(C1)C2. The molecule has 3 saturated carbocycles. The largest absolute Gasteiger partial charge is 0.381 e. The molecule has 1 unspecified atom stereocenters. The highest BCUT2D eigenvalue weighted by atomic mass is 35.5. The fourth-order valence-electron chi connectivity index (χ4n) is 3.40. The number of rotatable bonds is 1. The molecule has 1 aliphatic heterocycles. The lowest BCUT2D eigenvalue weighted by atomic mass is 9.36. The second kappa shape index (κ2) is 2.37. The minimum absolute atomic E-state index is 0. The Kier molecular flexibility index (Phi) is 1.74. The van der Waals surface area contributed by atoms with E-state index in [1.54, 1.807) is 0 Å². The average molecular weight is 190 g/mol. The van der Waals surface area contributed by atoms with Gasteiger partial charge in [0.25, 0.3) is 0 Å². The predicted molar refractivity (Wildman–Crippen MR) is 49.4 cm³/mol. The average Bonchev–Trinajstić information content (AvgIpc) is 2.28. The van der Waals surface area contributed by atoms with E-state index < -0.39 is 0 Å². The topological polar surface area (TPSA) is 35.2 Å². The number of ether oxygens (including phenoxy) is 1. The molecular weight excluding hydrogens is 174 g/mol. The van der Waals surface area contributed by atoms with E-state index in [2.05, 4.69) is 0 Å². The second-order valence-electron chi connectivity index (χ2n) is 4.82. The van der Waals surface area contributed by atoms with Gasteiger partial charge in [-0.1, -0.05) is 0 Å². The van der Waals surface area contributed by atoms with E-state index in [0.717, 1.165) is 19.1 Å². The molecule has 12 heavy (non-hydrogen) atoms. The molecule has 70 valence electrons. The van der Waals surface area contributed by atoms with Crippen molar-refractivity contribution in [2.75, 3.05) is 13.2 Å². The monoisotopic (exact) mass is 189 g/mol. The van der Waals surface area contributed by atoms with Crippen LogP contribution in [-0.4, -0.2) is 18.8 Å². The van der Waals surface area contributed by atoms with E-state index in [4.69, 9.17) is 10.5 Å². The van der Waals surface area contributed by atoms with Crippen LogP contribution < -0.4 is 5.73 Å². The standard InChI is InChI=1S/C9H15NO.ClH/c10-9-4-8(5-9,6-9)7-1-2-11-3-7;/h7H,1-6,10H2;1H. The molecular formula is C9H16ClNO. The van der Waals surface area contributed by atoms with Gasteiger partial charge in [-0.25, -0.2) is 0 Å². The third-order valence-corrected chi connectivity index (χ3v) is 3.91. The minimum atomic E-state index is 0. The van der Waals surface area contributed by atoms with Gasteiger partial charge in [0.1, 0.15) is 0 Å². The first kappa shape index (κ1) is 8.79. The van der Waals surface area contributed by atoms with Crippen LogP contribution in [0.15, 0.2) is 0 Å². The molecule has 3 aliphatic carbocycles. The maximum Gasteiger partial charge on any atom is 0.0500 e. The molecule has 0 aromatic heterocycles. The molecule has 0 radical (unpaired) electrons. The van der Waals surface area contributed by atoms with Crippen LogP contribution in [-0.2, 0) is 4.74 Å². The fourth-order valence-corrected chi connectivity index (χ4v) is 3.40. The summed E-state index contributed by atoms with van der Waals surface area (Å²) < 4.78 is 5.40. The van der Waals surface area contributed by atoms with Gasteiger partial charge in [0, 0.05) is 18.8 Å². The molecule has 0 aromatic carbocycles. The Morgan fingerprint density at radius 1 is 1.25 bits per heavy atom. The van der Waals surface area contributed by atoms with Crippen LogP contribution in [0.2, 0.25) is 0 Å². The van der Waals surface area contributed by atoms with E-state index in [1.807, 2.05) is 0 Å². The Balaban J connectivity index is 0.000000563. The molecule has 0 spiro atoms. The highest BCUT2D eigenvalue weighted by Crippen LogP contribution is 2.70. The van der Waals surface area contributed by atoms with Crippen LogP contribution in [0.25, 0.3) is 0 Å². The van der Waals surface area contributed by atoms with Crippen molar-refractivity contribution in [1.82, 2.24) is 0 Å². The van der Waals surface area contributed by atoms with E-state index >= 15 is 0 Å². The third-order valence-electron chi connectivity index (χ3n) is 3.91. The maximum absolute atomic E-state index is 6.00. The fraction of sp³-hybridized carbons (Fsp3) is 1.00. The Bertz CT molecular complexity index is 181. The summed E-state index contributed by atoms with van der Waals surface area (Å²) in [4.78, 5) is 0. The van der Waals surface area contributed by atoms with Crippen molar-refractivity contribution in [3.05, 3.63) is 0 Å². The van der Waals surface area contributed by atoms with Crippen LogP contribution in [0.1, 0.15) is 25.7 Å². The molecule has 4 rings (SSSR count). The number of hydrogen-bond acceptors (Lipinski definition) is 2. The van der Waals surface area contributed by atoms with Gasteiger partial charge in [-0.3, -0.25) is 0 Å². The Morgan fingerprint density at radius 2 is 1.92 bits per heavy atom. The normalized spacial score (nSPS) is 55.2. The number of hydrogen-bond donors (Lipinski definition) is 1. The molecule has 2 bridgehead atoms. The molecule has 0 aromatic rings. The first-order valence-corrected chi connectivity index (χ1v) is 4.59. The molecule has 4 aliphatic rings. The van der Waals surface area contributed by atoms with Crippen LogP contribution in [0.3, 0.4) is 0 Å². The van der Waals surface area contributed by atoms with E-state index in [-0.39, 0.29) is 17.9 Å². The molecule has 3 heteroatoms. The van der Waals surface area contributed by atoms with Gasteiger partial charge < -0.3 is 10.5 Å². The summed E-state index contributed by atoms with van der Waals surface area (Å²) in [5.41, 5.74) is 6.94. The summed E-state index contributed by atoms with van der Waals surface area (Å²) in [6.45, 7) is 2.00. The summed E-state index contributed by atoms with van der Waals surface area (Å²) in [7, 11) is 0. The van der Waals surface area contributed by atoms with Gasteiger partial charge in [0.15, 0.2) is 0 Å². The van der Waals surface area contributed by atoms with Gasteiger partial charge in [-0.15, -0.1) is 12.4 Å². The number of halogens is 1. The molecule has 2 N–H and O–H groups in total. The molecule has 1 atom stereocenters. The van der Waals surface area contributed by atoms with E-state index in [9.17, 15) is 0 Å². The van der Waals surface area contributed by atoms with Crippen molar-refractivity contribution in [2.45, 2.75) is 31.2 Å². The number of nitrogens with two attached hydrogens (primary N) is 1. The van der Waals surface area contributed by atoms with Crippen molar-refractivity contribution < 1.29 is 4.74 Å². The third kappa shape index (κ3) is 0.889. The summed E-state index contributed by atoms with van der Waals surface area (Å²) in [6, 6.07) is 0. The van der Waals surface area contributed by atoms with Crippen LogP contribution in [0, 0.1) is 11.3 Å². The van der Waals surface area contributed by atoms with Crippen molar-refractivity contribution in [2.24, 2.45) is 17.1 Å². The molecule has 2 nitrogen and oxygen atoms in total. The summed E-state index contributed by atoms with van der Waals surface area (Å²) in [5.74, 6) is 0.855. The lowest BCUT2D eigenvalue weighted by molar-refractivity contribution is -0.171. The Hall–Kier alpha value is 0.210. The second-order valence-corrected chi connectivity index (χ2v) is 4.82. The quantitative estimate of drug-likeness (QED) is 0.676. The Morgan fingerprint density at radius 3 is 2.33 bits per heavy atom. The highest BCUT2D eigenvalue weighted by Gasteiger charge is 2.68. The Labute approximate surface area is 79.2 Å². The minimum Gasteiger partial charge on any atom is -0.381 e. The summed E-state index contributed by atoms with van der Waals surface area (Å²) in [5, 5.41) is 0. The molecule has 4 fully saturated rings. The van der Waals surface area contributed by atoms with Crippen LogP contribution in [0.5, 0.6) is 0 Å². The van der Waals surface area contributed by atoms with Crippen LogP contribution in [0.4, 0.5) is 0 Å².